The van der Waals surface area contributed by atoms with Gasteiger partial charge in [0.2, 0.25) is 0 Å². The SMILES string of the molecule is O=C(NCCOc1ccccc1)Nc1ccc(I)cc1. The average molecular weight is 382 g/mol. The fourth-order valence-corrected chi connectivity index (χ4v) is 1.92. The van der Waals surface area contributed by atoms with E-state index in [1.54, 1.807) is 0 Å². The summed E-state index contributed by atoms with van der Waals surface area (Å²) in [5, 5.41) is 5.50. The van der Waals surface area contributed by atoms with E-state index < -0.39 is 0 Å². The quantitative estimate of drug-likeness (QED) is 0.615. The third kappa shape index (κ3) is 5.08. The van der Waals surface area contributed by atoms with Crippen molar-refractivity contribution in [2.45, 2.75) is 0 Å². The molecule has 0 saturated carbocycles. The van der Waals surface area contributed by atoms with Crippen LogP contribution >= 0.6 is 22.6 Å². The lowest BCUT2D eigenvalue weighted by Gasteiger charge is -2.09. The van der Waals surface area contributed by atoms with Crippen molar-refractivity contribution in [2.75, 3.05) is 18.5 Å². The largest absolute Gasteiger partial charge is 0.492 e. The van der Waals surface area contributed by atoms with Crippen LogP contribution in [0.2, 0.25) is 0 Å². The highest BCUT2D eigenvalue weighted by Gasteiger charge is 2.00. The number of ether oxygens (including phenoxy) is 1. The van der Waals surface area contributed by atoms with Crippen LogP contribution in [0.5, 0.6) is 5.75 Å². The topological polar surface area (TPSA) is 50.4 Å². The Hall–Kier alpha value is -1.76. The summed E-state index contributed by atoms with van der Waals surface area (Å²) in [5.74, 6) is 0.798. The minimum atomic E-state index is -0.233. The lowest BCUT2D eigenvalue weighted by atomic mass is 10.3. The first-order valence-corrected chi connectivity index (χ1v) is 7.30. The maximum atomic E-state index is 11.6. The molecule has 0 aromatic heterocycles. The average Bonchev–Trinajstić information content (AvgIpc) is 2.47. The molecule has 20 heavy (non-hydrogen) atoms. The van der Waals surface area contributed by atoms with E-state index in [-0.39, 0.29) is 6.03 Å². The van der Waals surface area contributed by atoms with Crippen LogP contribution in [0.1, 0.15) is 0 Å². The normalized spacial score (nSPS) is 9.85. The Morgan fingerprint density at radius 2 is 1.75 bits per heavy atom. The highest BCUT2D eigenvalue weighted by molar-refractivity contribution is 14.1. The maximum Gasteiger partial charge on any atom is 0.319 e. The van der Waals surface area contributed by atoms with E-state index in [1.165, 1.54) is 0 Å². The predicted octanol–water partition coefficient (Wildman–Crippen LogP) is 3.49. The van der Waals surface area contributed by atoms with Crippen LogP contribution in [0, 0.1) is 3.57 Å². The van der Waals surface area contributed by atoms with E-state index in [2.05, 4.69) is 33.2 Å². The van der Waals surface area contributed by atoms with Gasteiger partial charge in [-0.05, 0) is 59.0 Å². The first-order chi connectivity index (χ1) is 9.74. The molecule has 104 valence electrons. The molecule has 0 heterocycles. The van der Waals surface area contributed by atoms with Gasteiger partial charge in [-0.1, -0.05) is 18.2 Å². The fourth-order valence-electron chi connectivity index (χ4n) is 1.56. The number of carbonyl (C=O) groups excluding carboxylic acids is 1. The van der Waals surface area contributed by atoms with Gasteiger partial charge in [0.1, 0.15) is 12.4 Å². The number of hydrogen-bond donors (Lipinski definition) is 2. The Labute approximate surface area is 131 Å². The molecule has 0 radical (unpaired) electrons. The molecule has 0 aliphatic heterocycles. The summed E-state index contributed by atoms with van der Waals surface area (Å²) in [6.07, 6.45) is 0. The van der Waals surface area contributed by atoms with Crippen LogP contribution in [0.3, 0.4) is 0 Å². The van der Waals surface area contributed by atoms with Gasteiger partial charge in [0.15, 0.2) is 0 Å². The van der Waals surface area contributed by atoms with Gasteiger partial charge in [-0.2, -0.15) is 0 Å². The van der Waals surface area contributed by atoms with Crippen molar-refractivity contribution >= 4 is 34.3 Å². The minimum absolute atomic E-state index is 0.233. The second-order valence-electron chi connectivity index (χ2n) is 4.05. The highest BCUT2D eigenvalue weighted by Crippen LogP contribution is 2.10. The van der Waals surface area contributed by atoms with E-state index in [1.807, 2.05) is 54.6 Å². The zero-order valence-corrected chi connectivity index (χ0v) is 13.0. The molecule has 0 bridgehead atoms. The van der Waals surface area contributed by atoms with Gasteiger partial charge in [-0.3, -0.25) is 0 Å². The molecule has 2 aromatic rings. The van der Waals surface area contributed by atoms with Gasteiger partial charge in [0, 0.05) is 9.26 Å². The van der Waals surface area contributed by atoms with Gasteiger partial charge >= 0.3 is 6.03 Å². The summed E-state index contributed by atoms with van der Waals surface area (Å²) < 4.78 is 6.61. The Bertz CT molecular complexity index is 544. The molecule has 5 heteroatoms. The van der Waals surface area contributed by atoms with Gasteiger partial charge in [-0.15, -0.1) is 0 Å². The third-order valence-electron chi connectivity index (χ3n) is 2.50. The molecule has 2 aromatic carbocycles. The smallest absolute Gasteiger partial charge is 0.319 e. The number of nitrogens with one attached hydrogen (secondary N) is 2. The molecule has 0 aliphatic carbocycles. The molecule has 4 nitrogen and oxygen atoms in total. The second-order valence-corrected chi connectivity index (χ2v) is 5.29. The molecule has 2 rings (SSSR count). The molecule has 2 N–H and O–H groups in total. The van der Waals surface area contributed by atoms with Crippen molar-refractivity contribution in [3.05, 3.63) is 58.2 Å². The summed E-state index contributed by atoms with van der Waals surface area (Å²) >= 11 is 2.22. The van der Waals surface area contributed by atoms with Crippen molar-refractivity contribution in [1.82, 2.24) is 5.32 Å². The van der Waals surface area contributed by atoms with Gasteiger partial charge in [0.05, 0.1) is 6.54 Å². The van der Waals surface area contributed by atoms with Crippen LogP contribution in [0.25, 0.3) is 0 Å². The summed E-state index contributed by atoms with van der Waals surface area (Å²) in [4.78, 5) is 11.6. The second kappa shape index (κ2) is 7.74. The van der Waals surface area contributed by atoms with Crippen molar-refractivity contribution in [2.24, 2.45) is 0 Å². The van der Waals surface area contributed by atoms with Crippen LogP contribution in [0.15, 0.2) is 54.6 Å². The van der Waals surface area contributed by atoms with Crippen molar-refractivity contribution in [3.8, 4) is 5.75 Å². The van der Waals surface area contributed by atoms with Gasteiger partial charge < -0.3 is 15.4 Å². The molecule has 0 saturated heterocycles. The van der Waals surface area contributed by atoms with Crippen LogP contribution in [-0.2, 0) is 0 Å². The zero-order valence-electron chi connectivity index (χ0n) is 10.8. The lowest BCUT2D eigenvalue weighted by molar-refractivity contribution is 0.247. The van der Waals surface area contributed by atoms with Gasteiger partial charge in [0.25, 0.3) is 0 Å². The number of urea groups is 1. The molecule has 2 amide bonds. The van der Waals surface area contributed by atoms with E-state index in [4.69, 9.17) is 4.74 Å². The van der Waals surface area contributed by atoms with Crippen LogP contribution < -0.4 is 15.4 Å². The molecule has 0 spiro atoms. The molecule has 0 fully saturated rings. The van der Waals surface area contributed by atoms with Crippen molar-refractivity contribution < 1.29 is 9.53 Å². The van der Waals surface area contributed by atoms with Crippen LogP contribution in [-0.4, -0.2) is 19.2 Å². The Kier molecular flexibility index (Phi) is 5.67. The first-order valence-electron chi connectivity index (χ1n) is 6.22. The molecular weight excluding hydrogens is 367 g/mol. The number of benzene rings is 2. The van der Waals surface area contributed by atoms with E-state index in [0.29, 0.717) is 13.2 Å². The third-order valence-corrected chi connectivity index (χ3v) is 3.22. The van der Waals surface area contributed by atoms with Crippen molar-refractivity contribution in [1.29, 1.82) is 0 Å². The highest BCUT2D eigenvalue weighted by atomic mass is 127. The minimum Gasteiger partial charge on any atom is -0.492 e. The number of amides is 2. The van der Waals surface area contributed by atoms with Gasteiger partial charge in [-0.25, -0.2) is 4.79 Å². The number of anilines is 1. The molecule has 0 aliphatic rings. The first kappa shape index (κ1) is 14.6. The number of hydrogen-bond acceptors (Lipinski definition) is 2. The van der Waals surface area contributed by atoms with Crippen LogP contribution in [0.4, 0.5) is 10.5 Å². The Balaban J connectivity index is 1.66. The molecule has 0 unspecified atom stereocenters. The maximum absolute atomic E-state index is 11.6. The molecule has 0 atom stereocenters. The number of para-hydroxylation sites is 1. The fraction of sp³-hybridized carbons (Fsp3) is 0.133. The summed E-state index contributed by atoms with van der Waals surface area (Å²) in [7, 11) is 0. The number of halogens is 1. The van der Waals surface area contributed by atoms with E-state index in [0.717, 1.165) is 15.0 Å². The molecular formula is C15H15IN2O2. The lowest BCUT2D eigenvalue weighted by Crippen LogP contribution is -2.32. The van der Waals surface area contributed by atoms with Crippen molar-refractivity contribution in [3.63, 3.8) is 0 Å². The van der Waals surface area contributed by atoms with E-state index >= 15 is 0 Å². The monoisotopic (exact) mass is 382 g/mol. The Morgan fingerprint density at radius 1 is 1.05 bits per heavy atom. The zero-order chi connectivity index (χ0) is 14.2. The summed E-state index contributed by atoms with van der Waals surface area (Å²) in [6.45, 7) is 0.884. The standard InChI is InChI=1S/C15H15IN2O2/c16-12-6-8-13(9-7-12)18-15(19)17-10-11-20-14-4-2-1-3-5-14/h1-9H,10-11H2,(H2,17,18,19). The number of rotatable bonds is 5. The number of carbonyl (C=O) groups is 1. The predicted molar refractivity (Wildman–Crippen MR) is 88.1 cm³/mol. The van der Waals surface area contributed by atoms with E-state index in [9.17, 15) is 4.79 Å². The summed E-state index contributed by atoms with van der Waals surface area (Å²) in [6, 6.07) is 16.9. The summed E-state index contributed by atoms with van der Waals surface area (Å²) in [5.41, 5.74) is 0.770. The Morgan fingerprint density at radius 3 is 2.45 bits per heavy atom.